The van der Waals surface area contributed by atoms with Crippen molar-refractivity contribution in [3.8, 4) is 0 Å². The predicted molar refractivity (Wildman–Crippen MR) is 79.1 cm³/mol. The summed E-state index contributed by atoms with van der Waals surface area (Å²) >= 11 is 2.52. The van der Waals surface area contributed by atoms with Crippen molar-refractivity contribution in [2.45, 2.75) is 28.2 Å². The summed E-state index contributed by atoms with van der Waals surface area (Å²) in [6.07, 6.45) is 2.08. The summed E-state index contributed by atoms with van der Waals surface area (Å²) in [5.74, 6) is -0.0361. The van der Waals surface area contributed by atoms with Gasteiger partial charge in [0.25, 0.3) is 0 Å². The Morgan fingerprint density at radius 3 is 2.60 bits per heavy atom. The maximum absolute atomic E-state index is 11.9. The number of carbonyl (C=O) groups is 1. The van der Waals surface area contributed by atoms with Gasteiger partial charge in [-0.15, -0.1) is 11.3 Å². The third-order valence-corrected chi connectivity index (χ3v) is 6.33. The van der Waals surface area contributed by atoms with Crippen LogP contribution in [0, 0.1) is 9.93 Å². The summed E-state index contributed by atoms with van der Waals surface area (Å²) in [4.78, 5) is 25.9. The first-order valence-corrected chi connectivity index (χ1v) is 8.85. The molecule has 0 aromatic carbocycles. The highest BCUT2D eigenvalue weighted by atomic mass is 32.3. The molecule has 1 aliphatic heterocycles. The van der Waals surface area contributed by atoms with E-state index in [-0.39, 0.29) is 9.99 Å². The van der Waals surface area contributed by atoms with Gasteiger partial charge < -0.3 is 0 Å². The van der Waals surface area contributed by atoms with E-state index in [0.717, 1.165) is 34.9 Å². The van der Waals surface area contributed by atoms with Crippen molar-refractivity contribution < 1.29 is 13.2 Å². The maximum atomic E-state index is 11.9. The van der Waals surface area contributed by atoms with E-state index in [9.17, 15) is 13.2 Å². The van der Waals surface area contributed by atoms with Crippen LogP contribution in [0.15, 0.2) is 14.5 Å². The fraction of sp³-hybridized carbons (Fsp3) is 0.500. The van der Waals surface area contributed by atoms with E-state index in [1.165, 1.54) is 18.0 Å². The lowest BCUT2D eigenvalue weighted by Crippen LogP contribution is -2.28. The Morgan fingerprint density at radius 2 is 2.05 bits per heavy atom. The summed E-state index contributed by atoms with van der Waals surface area (Å²) in [7, 11) is -3.72. The van der Waals surface area contributed by atoms with Gasteiger partial charge in [-0.2, -0.15) is 0 Å². The Hall–Kier alpha value is -0.810. The molecule has 112 valence electrons. The SMILES string of the molecule is CCCCN1CC(=O)c2cc(S(N)(=O)=O)sc2S1.O=O. The standard InChI is InChI=1S/C10H14N2O3S3.O2/c1-2-3-4-12-6-8(13)7-5-9(18(11,14)15)16-10(7)17-12;1-2/h5H,2-4,6H2,1H3,(H2,11,14,15);. The number of nitrogens with zero attached hydrogens (tertiary/aromatic N) is 1. The Balaban J connectivity index is 0.000000956. The van der Waals surface area contributed by atoms with Crippen molar-refractivity contribution in [1.29, 1.82) is 0 Å². The second-order valence-corrected chi connectivity index (χ2v) is 8.25. The Labute approximate surface area is 124 Å². The van der Waals surface area contributed by atoms with Gasteiger partial charge in [-0.1, -0.05) is 13.3 Å². The topological polar surface area (TPSA) is 115 Å². The van der Waals surface area contributed by atoms with Gasteiger partial charge in [0.1, 0.15) is 4.21 Å². The first kappa shape index (κ1) is 17.2. The quantitative estimate of drug-likeness (QED) is 0.832. The first-order valence-electron chi connectivity index (χ1n) is 5.71. The zero-order chi connectivity index (χ0) is 15.3. The Morgan fingerprint density at radius 1 is 1.40 bits per heavy atom. The van der Waals surface area contributed by atoms with Gasteiger partial charge in [-0.25, -0.2) is 17.9 Å². The second-order valence-electron chi connectivity index (χ2n) is 4.04. The van der Waals surface area contributed by atoms with Crippen LogP contribution < -0.4 is 5.14 Å². The molecule has 20 heavy (non-hydrogen) atoms. The van der Waals surface area contributed by atoms with Gasteiger partial charge >= 0.3 is 0 Å². The minimum atomic E-state index is -3.72. The molecular weight excluding hydrogens is 324 g/mol. The molecule has 1 aromatic rings. The van der Waals surface area contributed by atoms with Gasteiger partial charge in [0.05, 0.1) is 10.8 Å². The van der Waals surface area contributed by atoms with E-state index in [1.54, 1.807) is 0 Å². The van der Waals surface area contributed by atoms with Crippen molar-refractivity contribution in [3.05, 3.63) is 21.6 Å². The number of hydrogen-bond acceptors (Lipinski definition) is 8. The molecule has 0 atom stereocenters. The van der Waals surface area contributed by atoms with Crippen molar-refractivity contribution >= 4 is 39.1 Å². The molecule has 0 amide bonds. The highest BCUT2D eigenvalue weighted by molar-refractivity contribution is 7.99. The molecule has 2 rings (SSSR count). The van der Waals surface area contributed by atoms with Gasteiger partial charge in [0, 0.05) is 22.0 Å². The number of sulfonamides is 1. The van der Waals surface area contributed by atoms with Gasteiger partial charge in [-0.05, 0) is 24.4 Å². The van der Waals surface area contributed by atoms with E-state index in [2.05, 4.69) is 6.92 Å². The van der Waals surface area contributed by atoms with Crippen LogP contribution in [0.3, 0.4) is 0 Å². The normalized spacial score (nSPS) is 15.4. The number of primary sulfonamides is 1. The van der Waals surface area contributed by atoms with Crippen LogP contribution in [-0.4, -0.2) is 31.6 Å². The van der Waals surface area contributed by atoms with Gasteiger partial charge in [-0.3, -0.25) is 4.79 Å². The highest BCUT2D eigenvalue weighted by Gasteiger charge is 2.28. The van der Waals surface area contributed by atoms with Crippen molar-refractivity contribution in [3.63, 3.8) is 0 Å². The summed E-state index contributed by atoms with van der Waals surface area (Å²) in [5, 5.41) is 5.08. The van der Waals surface area contributed by atoms with E-state index < -0.39 is 10.0 Å². The summed E-state index contributed by atoms with van der Waals surface area (Å²) < 4.78 is 25.3. The average Bonchev–Trinajstić information content (AvgIpc) is 2.83. The van der Waals surface area contributed by atoms with Crippen LogP contribution in [0.5, 0.6) is 0 Å². The lowest BCUT2D eigenvalue weighted by atomic mass is 10.2. The molecule has 0 bridgehead atoms. The minimum absolute atomic E-state index is 0.0361. The van der Waals surface area contributed by atoms with E-state index in [4.69, 9.17) is 15.1 Å². The number of Topliss-reactive ketones (excluding diaryl/α,β-unsaturated/α-hetero) is 1. The third kappa shape index (κ3) is 4.09. The number of rotatable bonds is 4. The van der Waals surface area contributed by atoms with Crippen LogP contribution in [0.1, 0.15) is 30.1 Å². The fourth-order valence-corrected chi connectivity index (χ4v) is 5.05. The average molecular weight is 338 g/mol. The van der Waals surface area contributed by atoms with E-state index in [1.807, 2.05) is 4.31 Å². The minimum Gasteiger partial charge on any atom is -0.293 e. The first-order chi connectivity index (χ1) is 9.41. The molecule has 0 saturated carbocycles. The fourth-order valence-electron chi connectivity index (χ4n) is 1.61. The molecule has 2 N–H and O–H groups in total. The molecule has 1 aliphatic rings. The van der Waals surface area contributed by atoms with Gasteiger partial charge in [0.2, 0.25) is 10.0 Å². The third-order valence-electron chi connectivity index (χ3n) is 2.55. The maximum Gasteiger partial charge on any atom is 0.247 e. The monoisotopic (exact) mass is 338 g/mol. The van der Waals surface area contributed by atoms with Crippen LogP contribution in [0.2, 0.25) is 0 Å². The van der Waals surface area contributed by atoms with E-state index in [0.29, 0.717) is 12.1 Å². The summed E-state index contributed by atoms with van der Waals surface area (Å²) in [6.45, 7) is 3.25. The highest BCUT2D eigenvalue weighted by Crippen LogP contribution is 2.39. The largest absolute Gasteiger partial charge is 0.293 e. The number of carbonyl (C=O) groups excluding carboxylic acids is 1. The lowest BCUT2D eigenvalue weighted by Gasteiger charge is -2.23. The predicted octanol–water partition coefficient (Wildman–Crippen LogP) is 1.77. The number of fused-ring (bicyclic) bond motifs is 1. The Kier molecular flexibility index (Phi) is 6.27. The molecule has 1 aromatic heterocycles. The molecule has 7 nitrogen and oxygen atoms in total. The van der Waals surface area contributed by atoms with E-state index >= 15 is 0 Å². The van der Waals surface area contributed by atoms with Crippen LogP contribution in [0.25, 0.3) is 0 Å². The van der Waals surface area contributed by atoms with Crippen LogP contribution >= 0.6 is 23.3 Å². The number of hydrogen-bond donors (Lipinski definition) is 1. The van der Waals surface area contributed by atoms with Crippen LogP contribution in [-0.2, 0) is 10.0 Å². The summed E-state index contributed by atoms with van der Waals surface area (Å²) in [6, 6.07) is 1.39. The molecule has 0 unspecified atom stereocenters. The molecule has 0 radical (unpaired) electrons. The Bertz CT molecular complexity index is 584. The summed E-state index contributed by atoms with van der Waals surface area (Å²) in [5.41, 5.74) is 0.488. The van der Waals surface area contributed by atoms with Crippen molar-refractivity contribution in [1.82, 2.24) is 4.31 Å². The smallest absolute Gasteiger partial charge is 0.247 e. The molecule has 0 spiro atoms. The molecule has 2 heterocycles. The molecule has 10 heteroatoms. The van der Waals surface area contributed by atoms with Crippen molar-refractivity contribution in [2.24, 2.45) is 5.14 Å². The molecule has 0 saturated heterocycles. The molecular formula is C10H14N2O5S3. The molecule has 0 fully saturated rings. The number of thiophene rings is 1. The van der Waals surface area contributed by atoms with Gasteiger partial charge in [0.15, 0.2) is 5.78 Å². The lowest BCUT2D eigenvalue weighted by molar-refractivity contribution is 0.0963. The second kappa shape index (κ2) is 7.27. The number of nitrogens with two attached hydrogens (primary N) is 1. The van der Waals surface area contributed by atoms with Crippen LogP contribution in [0.4, 0.5) is 0 Å². The molecule has 0 aliphatic carbocycles. The van der Waals surface area contributed by atoms with Crippen molar-refractivity contribution in [2.75, 3.05) is 13.1 Å². The zero-order valence-electron chi connectivity index (χ0n) is 10.7. The number of unbranched alkanes of at least 4 members (excludes halogenated alkanes) is 1. The zero-order valence-corrected chi connectivity index (χ0v) is 13.1. The number of ketones is 1.